The summed E-state index contributed by atoms with van der Waals surface area (Å²) < 4.78 is 75.1. The zero-order chi connectivity index (χ0) is 18.9. The number of alkyl halides is 2. The molecule has 2 atom stereocenters. The van der Waals surface area contributed by atoms with Crippen molar-refractivity contribution in [2.75, 3.05) is 7.11 Å². The molecule has 2 aromatic rings. The number of ether oxygens (including phenoxy) is 1. The van der Waals surface area contributed by atoms with Gasteiger partial charge in [0.15, 0.2) is 29.3 Å². The monoisotopic (exact) mass is 366 g/mol. The highest BCUT2D eigenvalue weighted by Crippen LogP contribution is 2.46. The molecular weight excluding hydrogens is 351 g/mol. The number of halogens is 5. The first kappa shape index (κ1) is 18.2. The minimum Gasteiger partial charge on any atom is -0.497 e. The minimum absolute atomic E-state index is 0.156. The highest BCUT2D eigenvalue weighted by molar-refractivity contribution is 5.46. The SMILES string of the molecule is COc1ccc(Cc2ccccc2C2(F)C=C(F)C(F)=C(F)C2F)cc1. The number of hydrogen-bond donors (Lipinski definition) is 0. The number of hydrogen-bond acceptors (Lipinski definition) is 1. The Morgan fingerprint density at radius 3 is 2.31 bits per heavy atom. The summed E-state index contributed by atoms with van der Waals surface area (Å²) in [7, 11) is 1.52. The van der Waals surface area contributed by atoms with E-state index >= 15 is 4.39 Å². The predicted octanol–water partition coefficient (Wildman–Crippen LogP) is 5.81. The van der Waals surface area contributed by atoms with Crippen LogP contribution in [-0.2, 0) is 12.1 Å². The first-order valence-electron chi connectivity index (χ1n) is 7.85. The Kier molecular flexibility index (Phi) is 4.85. The summed E-state index contributed by atoms with van der Waals surface area (Å²) >= 11 is 0. The van der Waals surface area contributed by atoms with Crippen molar-refractivity contribution in [1.29, 1.82) is 0 Å². The molecular formula is C20H15F5O. The van der Waals surface area contributed by atoms with Gasteiger partial charge >= 0.3 is 0 Å². The third kappa shape index (κ3) is 3.11. The van der Waals surface area contributed by atoms with Crippen LogP contribution >= 0.6 is 0 Å². The van der Waals surface area contributed by atoms with Gasteiger partial charge in [0, 0.05) is 5.56 Å². The average Bonchev–Trinajstić information content (AvgIpc) is 2.66. The van der Waals surface area contributed by atoms with Gasteiger partial charge in [0.25, 0.3) is 0 Å². The number of allylic oxidation sites excluding steroid dienone is 4. The molecule has 0 saturated carbocycles. The molecule has 0 aromatic heterocycles. The molecule has 26 heavy (non-hydrogen) atoms. The Labute approximate surface area is 147 Å². The van der Waals surface area contributed by atoms with Gasteiger partial charge in [-0.05, 0) is 35.8 Å². The lowest BCUT2D eigenvalue weighted by Crippen LogP contribution is -2.35. The molecule has 0 spiro atoms. The topological polar surface area (TPSA) is 9.23 Å². The van der Waals surface area contributed by atoms with Crippen molar-refractivity contribution in [3.8, 4) is 5.75 Å². The molecule has 1 nitrogen and oxygen atoms in total. The fourth-order valence-electron chi connectivity index (χ4n) is 2.96. The van der Waals surface area contributed by atoms with Crippen LogP contribution in [0.1, 0.15) is 16.7 Å². The van der Waals surface area contributed by atoms with Crippen LogP contribution in [0.4, 0.5) is 22.0 Å². The van der Waals surface area contributed by atoms with Gasteiger partial charge < -0.3 is 4.74 Å². The highest BCUT2D eigenvalue weighted by Gasteiger charge is 2.49. The normalized spacial score (nSPS) is 23.0. The molecule has 1 aliphatic rings. The molecule has 3 rings (SSSR count). The molecule has 0 aliphatic heterocycles. The quantitative estimate of drug-likeness (QED) is 0.621. The molecule has 0 N–H and O–H groups in total. The number of benzene rings is 2. The van der Waals surface area contributed by atoms with Crippen molar-refractivity contribution in [2.45, 2.75) is 18.3 Å². The van der Waals surface area contributed by atoms with Crippen molar-refractivity contribution in [1.82, 2.24) is 0 Å². The van der Waals surface area contributed by atoms with Gasteiger partial charge in [-0.15, -0.1) is 0 Å². The molecule has 0 fully saturated rings. The maximum Gasteiger partial charge on any atom is 0.196 e. The maximum atomic E-state index is 15.3. The summed E-state index contributed by atoms with van der Waals surface area (Å²) in [6.07, 6.45) is -2.61. The molecule has 0 saturated heterocycles. The van der Waals surface area contributed by atoms with Crippen LogP contribution in [0.3, 0.4) is 0 Å². The van der Waals surface area contributed by atoms with Crippen LogP contribution in [0.2, 0.25) is 0 Å². The van der Waals surface area contributed by atoms with E-state index in [2.05, 4.69) is 0 Å². The summed E-state index contributed by atoms with van der Waals surface area (Å²) in [5.41, 5.74) is -2.28. The molecule has 0 radical (unpaired) electrons. The maximum absolute atomic E-state index is 15.3. The van der Waals surface area contributed by atoms with E-state index in [9.17, 15) is 17.6 Å². The molecule has 136 valence electrons. The Hall–Kier alpha value is -2.63. The van der Waals surface area contributed by atoms with Crippen molar-refractivity contribution in [2.24, 2.45) is 0 Å². The van der Waals surface area contributed by atoms with Crippen LogP contribution in [0.25, 0.3) is 0 Å². The molecule has 2 unspecified atom stereocenters. The van der Waals surface area contributed by atoms with Crippen LogP contribution in [0.5, 0.6) is 5.75 Å². The van der Waals surface area contributed by atoms with E-state index in [1.165, 1.54) is 25.3 Å². The van der Waals surface area contributed by atoms with E-state index in [1.807, 2.05) is 0 Å². The largest absolute Gasteiger partial charge is 0.497 e. The van der Waals surface area contributed by atoms with Crippen molar-refractivity contribution in [3.05, 3.63) is 88.8 Å². The molecule has 2 aromatic carbocycles. The van der Waals surface area contributed by atoms with Crippen molar-refractivity contribution in [3.63, 3.8) is 0 Å². The second-order valence-electron chi connectivity index (χ2n) is 5.97. The average molecular weight is 366 g/mol. The Balaban J connectivity index is 2.01. The van der Waals surface area contributed by atoms with Crippen LogP contribution in [0, 0.1) is 0 Å². The van der Waals surface area contributed by atoms with E-state index in [0.717, 1.165) is 5.56 Å². The van der Waals surface area contributed by atoms with Gasteiger partial charge in [-0.3, -0.25) is 0 Å². The Morgan fingerprint density at radius 1 is 1.00 bits per heavy atom. The molecule has 1 aliphatic carbocycles. The second-order valence-corrected chi connectivity index (χ2v) is 5.97. The summed E-state index contributed by atoms with van der Waals surface area (Å²) in [5, 5.41) is 0. The summed E-state index contributed by atoms with van der Waals surface area (Å²) in [4.78, 5) is 0. The lowest BCUT2D eigenvalue weighted by atomic mass is 9.82. The number of methoxy groups -OCH3 is 1. The standard InChI is InChI=1S/C20H15F5O/c1-26-14-8-6-12(7-9-14)10-13-4-2-3-5-15(13)20(25)11-16(21)17(22)18(23)19(20)24/h2-9,11,19H,10H2,1H3. The lowest BCUT2D eigenvalue weighted by molar-refractivity contribution is 0.0895. The zero-order valence-electron chi connectivity index (χ0n) is 13.8. The molecule has 0 amide bonds. The van der Waals surface area contributed by atoms with Crippen LogP contribution in [0.15, 0.2) is 72.1 Å². The summed E-state index contributed by atoms with van der Waals surface area (Å²) in [6.45, 7) is 0. The smallest absolute Gasteiger partial charge is 0.196 e. The van der Waals surface area contributed by atoms with Crippen molar-refractivity contribution < 1.29 is 26.7 Å². The second kappa shape index (κ2) is 6.94. The number of rotatable bonds is 4. The van der Waals surface area contributed by atoms with Gasteiger partial charge in [-0.2, -0.15) is 0 Å². The van der Waals surface area contributed by atoms with E-state index in [4.69, 9.17) is 4.74 Å². The lowest BCUT2D eigenvalue weighted by Gasteiger charge is -2.30. The fourth-order valence-corrected chi connectivity index (χ4v) is 2.96. The van der Waals surface area contributed by atoms with Gasteiger partial charge in [-0.25, -0.2) is 22.0 Å². The minimum atomic E-state index is -3.13. The van der Waals surface area contributed by atoms with Crippen LogP contribution < -0.4 is 4.74 Å². The van der Waals surface area contributed by atoms with Crippen LogP contribution in [-0.4, -0.2) is 13.3 Å². The Morgan fingerprint density at radius 2 is 1.65 bits per heavy atom. The zero-order valence-corrected chi connectivity index (χ0v) is 13.8. The third-order valence-corrected chi connectivity index (χ3v) is 4.33. The van der Waals surface area contributed by atoms with Gasteiger partial charge in [0.05, 0.1) is 7.11 Å². The van der Waals surface area contributed by atoms with E-state index in [1.54, 1.807) is 30.3 Å². The van der Waals surface area contributed by atoms with Gasteiger partial charge in [0.1, 0.15) is 5.75 Å². The highest BCUT2D eigenvalue weighted by atomic mass is 19.2. The first-order valence-corrected chi connectivity index (χ1v) is 7.85. The predicted molar refractivity (Wildman–Crippen MR) is 88.4 cm³/mol. The molecule has 0 bridgehead atoms. The van der Waals surface area contributed by atoms with Gasteiger partial charge in [-0.1, -0.05) is 36.4 Å². The van der Waals surface area contributed by atoms with Crippen molar-refractivity contribution >= 4 is 0 Å². The third-order valence-electron chi connectivity index (χ3n) is 4.33. The van der Waals surface area contributed by atoms with E-state index in [-0.39, 0.29) is 18.1 Å². The molecule has 0 heterocycles. The Bertz CT molecular complexity index is 872. The van der Waals surface area contributed by atoms with E-state index < -0.39 is 29.3 Å². The molecule has 6 heteroatoms. The van der Waals surface area contributed by atoms with Gasteiger partial charge in [0.2, 0.25) is 0 Å². The first-order chi connectivity index (χ1) is 12.4. The summed E-state index contributed by atoms with van der Waals surface area (Å²) in [5.74, 6) is -5.20. The summed E-state index contributed by atoms with van der Waals surface area (Å²) in [6, 6.07) is 12.7. The fraction of sp³-hybridized carbons (Fsp3) is 0.200. The van der Waals surface area contributed by atoms with E-state index in [0.29, 0.717) is 11.3 Å².